The number of halogens is 2. The molecule has 2 fully saturated rings. The second-order valence-electron chi connectivity index (χ2n) is 6.23. The molecule has 0 aromatic carbocycles. The molecular formula is C12H22F2N2S2. The van der Waals surface area contributed by atoms with Crippen LogP contribution in [0.25, 0.3) is 0 Å². The lowest BCUT2D eigenvalue weighted by Gasteiger charge is -2.46. The summed E-state index contributed by atoms with van der Waals surface area (Å²) in [6, 6.07) is -0.346. The van der Waals surface area contributed by atoms with E-state index in [4.69, 9.17) is 5.73 Å². The second kappa shape index (κ2) is 4.79. The van der Waals surface area contributed by atoms with E-state index in [1.807, 2.05) is 0 Å². The maximum atomic E-state index is 13.5. The van der Waals surface area contributed by atoms with E-state index in [1.165, 1.54) is 10.8 Å². The van der Waals surface area contributed by atoms with Crippen LogP contribution >= 0.6 is 22.5 Å². The Morgan fingerprint density at radius 3 is 2.28 bits per heavy atom. The third-order valence-corrected chi connectivity index (χ3v) is 6.71. The number of alkyl halides is 2. The normalized spacial score (nSPS) is 32.0. The van der Waals surface area contributed by atoms with Crippen molar-refractivity contribution in [3.63, 3.8) is 0 Å². The van der Waals surface area contributed by atoms with Crippen molar-refractivity contribution in [3.8, 4) is 0 Å². The summed E-state index contributed by atoms with van der Waals surface area (Å²) in [5, 5.41) is 0. The highest BCUT2D eigenvalue weighted by Gasteiger charge is 2.55. The zero-order valence-electron chi connectivity index (χ0n) is 11.0. The van der Waals surface area contributed by atoms with Crippen LogP contribution in [0.2, 0.25) is 0 Å². The summed E-state index contributed by atoms with van der Waals surface area (Å²) in [5.41, 5.74) is 5.65. The summed E-state index contributed by atoms with van der Waals surface area (Å²) >= 11 is 4.29. The van der Waals surface area contributed by atoms with Gasteiger partial charge in [0.2, 0.25) is 5.92 Å². The van der Waals surface area contributed by atoms with Crippen LogP contribution in [0.4, 0.5) is 8.78 Å². The molecular weight excluding hydrogens is 274 g/mol. The Labute approximate surface area is 117 Å². The van der Waals surface area contributed by atoms with E-state index in [2.05, 4.69) is 30.4 Å². The third-order valence-electron chi connectivity index (χ3n) is 4.66. The van der Waals surface area contributed by atoms with Crippen molar-refractivity contribution in [2.45, 2.75) is 56.4 Å². The molecule has 1 heterocycles. The minimum absolute atomic E-state index is 0.0244. The standard InChI is InChI=1S/C12H22F2N2S2/c1-10(2,18-17)16-5-3-11(4-6-16)8-12(13,14)7-9(11)15/h9,17H,3-8,15H2,1-2H3/t9-/m1/s1. The Balaban J connectivity index is 2.02. The zero-order valence-corrected chi connectivity index (χ0v) is 12.7. The van der Waals surface area contributed by atoms with Crippen LogP contribution < -0.4 is 5.73 Å². The average Bonchev–Trinajstić information content (AvgIpc) is 2.49. The Hall–Kier alpha value is 0.480. The van der Waals surface area contributed by atoms with Gasteiger partial charge in [0.05, 0.1) is 4.87 Å². The maximum Gasteiger partial charge on any atom is 0.250 e. The van der Waals surface area contributed by atoms with E-state index in [0.29, 0.717) is 0 Å². The van der Waals surface area contributed by atoms with E-state index in [-0.39, 0.29) is 29.2 Å². The molecule has 2 aliphatic rings. The summed E-state index contributed by atoms with van der Waals surface area (Å²) < 4.78 is 27.0. The molecule has 0 aromatic rings. The minimum Gasteiger partial charge on any atom is -0.327 e. The molecule has 2 nitrogen and oxygen atoms in total. The molecule has 2 rings (SSSR count). The van der Waals surface area contributed by atoms with Crippen molar-refractivity contribution >= 4 is 22.5 Å². The number of nitrogens with zero attached hydrogens (tertiary/aromatic N) is 1. The predicted octanol–water partition coefficient (Wildman–Crippen LogP) is 3.14. The molecule has 0 bridgehead atoms. The number of thiol groups is 1. The molecule has 1 saturated heterocycles. The van der Waals surface area contributed by atoms with Gasteiger partial charge in [-0.05, 0) is 32.1 Å². The van der Waals surface area contributed by atoms with Crippen LogP contribution in [0, 0.1) is 5.41 Å². The van der Waals surface area contributed by atoms with Crippen LogP contribution in [0.15, 0.2) is 0 Å². The lowest BCUT2D eigenvalue weighted by atomic mass is 9.74. The predicted molar refractivity (Wildman–Crippen MR) is 76.1 cm³/mol. The maximum absolute atomic E-state index is 13.5. The zero-order chi connectivity index (χ0) is 13.6. The Bertz CT molecular complexity index is 315. The smallest absolute Gasteiger partial charge is 0.250 e. The van der Waals surface area contributed by atoms with Crippen molar-refractivity contribution in [2.24, 2.45) is 11.1 Å². The number of hydrogen-bond donors (Lipinski definition) is 2. The molecule has 0 amide bonds. The van der Waals surface area contributed by atoms with Gasteiger partial charge >= 0.3 is 0 Å². The van der Waals surface area contributed by atoms with Gasteiger partial charge in [-0.1, -0.05) is 10.8 Å². The van der Waals surface area contributed by atoms with Gasteiger partial charge in [0.25, 0.3) is 0 Å². The average molecular weight is 296 g/mol. The van der Waals surface area contributed by atoms with Crippen molar-refractivity contribution in [1.29, 1.82) is 0 Å². The Morgan fingerprint density at radius 1 is 1.33 bits per heavy atom. The lowest BCUT2D eigenvalue weighted by molar-refractivity contribution is -0.0164. The van der Waals surface area contributed by atoms with Crippen molar-refractivity contribution in [1.82, 2.24) is 4.90 Å². The third kappa shape index (κ3) is 2.67. The molecule has 106 valence electrons. The van der Waals surface area contributed by atoms with Crippen molar-refractivity contribution in [3.05, 3.63) is 0 Å². The quantitative estimate of drug-likeness (QED) is 0.606. The van der Waals surface area contributed by atoms with Crippen molar-refractivity contribution < 1.29 is 8.78 Å². The fourth-order valence-corrected chi connectivity index (χ4v) is 4.00. The molecule has 1 saturated carbocycles. The van der Waals surface area contributed by atoms with Gasteiger partial charge in [-0.3, -0.25) is 4.90 Å². The fourth-order valence-electron chi connectivity index (χ4n) is 3.35. The summed E-state index contributed by atoms with van der Waals surface area (Å²) in [5.74, 6) is -2.56. The first-order valence-electron chi connectivity index (χ1n) is 6.42. The van der Waals surface area contributed by atoms with Crippen molar-refractivity contribution in [2.75, 3.05) is 13.1 Å². The first-order chi connectivity index (χ1) is 8.21. The Kier molecular flexibility index (Phi) is 3.96. The highest BCUT2D eigenvalue weighted by Crippen LogP contribution is 2.53. The van der Waals surface area contributed by atoms with E-state index >= 15 is 0 Å². The van der Waals surface area contributed by atoms with Gasteiger partial charge in [-0.15, -0.1) is 11.7 Å². The van der Waals surface area contributed by atoms with Gasteiger partial charge in [0.1, 0.15) is 0 Å². The summed E-state index contributed by atoms with van der Waals surface area (Å²) in [6.45, 7) is 5.91. The topological polar surface area (TPSA) is 29.3 Å². The van der Waals surface area contributed by atoms with E-state index < -0.39 is 5.92 Å². The molecule has 0 unspecified atom stereocenters. The van der Waals surface area contributed by atoms with Crippen LogP contribution in [-0.2, 0) is 0 Å². The number of likely N-dealkylation sites (tertiary alicyclic amines) is 1. The number of hydrogen-bond acceptors (Lipinski definition) is 4. The van der Waals surface area contributed by atoms with E-state index in [0.717, 1.165) is 25.9 Å². The molecule has 6 heteroatoms. The highest BCUT2D eigenvalue weighted by molar-refractivity contribution is 8.69. The monoisotopic (exact) mass is 296 g/mol. The second-order valence-corrected chi connectivity index (χ2v) is 7.96. The lowest BCUT2D eigenvalue weighted by Crippen LogP contribution is -2.52. The molecule has 2 N–H and O–H groups in total. The summed E-state index contributed by atoms with van der Waals surface area (Å²) in [4.78, 5) is 2.27. The largest absolute Gasteiger partial charge is 0.327 e. The molecule has 1 aliphatic heterocycles. The van der Waals surface area contributed by atoms with Gasteiger partial charge in [0, 0.05) is 32.0 Å². The summed E-state index contributed by atoms with van der Waals surface area (Å²) in [6.07, 6.45) is 1.39. The van der Waals surface area contributed by atoms with Gasteiger partial charge in [-0.25, -0.2) is 8.78 Å². The van der Waals surface area contributed by atoms with Crippen LogP contribution in [0.1, 0.15) is 39.5 Å². The van der Waals surface area contributed by atoms with Gasteiger partial charge in [0.15, 0.2) is 0 Å². The van der Waals surface area contributed by atoms with E-state index in [9.17, 15) is 8.78 Å². The number of nitrogens with two attached hydrogens (primary N) is 1. The molecule has 18 heavy (non-hydrogen) atoms. The number of rotatable bonds is 2. The molecule has 0 radical (unpaired) electrons. The van der Waals surface area contributed by atoms with Gasteiger partial charge in [-0.2, -0.15) is 0 Å². The van der Waals surface area contributed by atoms with Crippen LogP contribution in [-0.4, -0.2) is 34.8 Å². The highest BCUT2D eigenvalue weighted by atomic mass is 33.1. The van der Waals surface area contributed by atoms with Crippen LogP contribution in [0.5, 0.6) is 0 Å². The van der Waals surface area contributed by atoms with Crippen LogP contribution in [0.3, 0.4) is 0 Å². The Morgan fingerprint density at radius 2 is 1.89 bits per heavy atom. The SMILES string of the molecule is CC(C)(SS)N1CCC2(CC1)CC(F)(F)C[C@H]2N. The fraction of sp³-hybridized carbons (Fsp3) is 1.00. The molecule has 1 atom stereocenters. The molecule has 0 aromatic heterocycles. The first kappa shape index (κ1) is 14.9. The minimum atomic E-state index is -2.56. The number of piperidine rings is 1. The van der Waals surface area contributed by atoms with E-state index in [1.54, 1.807) is 0 Å². The molecule has 1 aliphatic carbocycles. The summed E-state index contributed by atoms with van der Waals surface area (Å²) in [7, 11) is 1.51. The van der Waals surface area contributed by atoms with Gasteiger partial charge < -0.3 is 5.73 Å². The first-order valence-corrected chi connectivity index (χ1v) is 8.29. The molecule has 1 spiro atoms.